The number of thiophene rings is 1. The summed E-state index contributed by atoms with van der Waals surface area (Å²) < 4.78 is 20.7. The monoisotopic (exact) mass is 473 g/mol. The second kappa shape index (κ2) is 9.07. The van der Waals surface area contributed by atoms with Crippen LogP contribution in [0, 0.1) is 12.7 Å². The lowest BCUT2D eigenvalue weighted by molar-refractivity contribution is 0.433. The van der Waals surface area contributed by atoms with Crippen LogP contribution in [0.5, 0.6) is 5.75 Å². The molecular weight excluding hydrogens is 453 g/mol. The van der Waals surface area contributed by atoms with Gasteiger partial charge in [-0.25, -0.2) is 14.4 Å². The molecule has 0 radical (unpaired) electrons. The van der Waals surface area contributed by atoms with Gasteiger partial charge in [0, 0.05) is 11.4 Å². The molecule has 170 valence electrons. The number of phenolic OH excluding ortho intramolecular Hbond substituents is 1. The molecule has 0 saturated carbocycles. The second-order valence-corrected chi connectivity index (χ2v) is 8.85. The highest BCUT2D eigenvalue weighted by molar-refractivity contribution is 7.18. The van der Waals surface area contributed by atoms with Crippen LogP contribution in [0.15, 0.2) is 82.5 Å². The standard InChI is InChI=1S/C26H20FN3O3S/c1-16-23(22-11-10-21(34-22)20-14-33-15-28-20)26(32)30(13-12-17-6-3-2-4-7-17)25(29-16)18-8-5-9-19(27)24(18)31/h2-11,14-15,31H,12-13H2,1H3. The molecule has 0 fully saturated rings. The maximum atomic E-state index is 14.2. The third kappa shape index (κ3) is 4.04. The Bertz CT molecular complexity index is 1510. The Kier molecular flexibility index (Phi) is 5.81. The molecule has 0 spiro atoms. The molecule has 6 nitrogen and oxygen atoms in total. The molecule has 0 aliphatic rings. The Morgan fingerprint density at radius 3 is 2.62 bits per heavy atom. The van der Waals surface area contributed by atoms with Gasteiger partial charge in [0.1, 0.15) is 17.8 Å². The van der Waals surface area contributed by atoms with Crippen molar-refractivity contribution < 1.29 is 13.9 Å². The molecule has 34 heavy (non-hydrogen) atoms. The van der Waals surface area contributed by atoms with Gasteiger partial charge in [-0.1, -0.05) is 36.4 Å². The maximum absolute atomic E-state index is 14.2. The van der Waals surface area contributed by atoms with Crippen LogP contribution in [0.25, 0.3) is 32.4 Å². The summed E-state index contributed by atoms with van der Waals surface area (Å²) in [4.78, 5) is 24.3. The van der Waals surface area contributed by atoms with Gasteiger partial charge in [-0.2, -0.15) is 0 Å². The van der Waals surface area contributed by atoms with Crippen molar-refractivity contribution in [2.24, 2.45) is 0 Å². The average molecular weight is 474 g/mol. The summed E-state index contributed by atoms with van der Waals surface area (Å²) in [6.07, 6.45) is 3.48. The number of halogens is 1. The van der Waals surface area contributed by atoms with E-state index in [1.165, 1.54) is 34.4 Å². The normalized spacial score (nSPS) is 11.1. The number of benzene rings is 2. The Morgan fingerprint density at radius 1 is 1.06 bits per heavy atom. The maximum Gasteiger partial charge on any atom is 0.262 e. The molecule has 2 aromatic carbocycles. The van der Waals surface area contributed by atoms with Crippen LogP contribution >= 0.6 is 11.3 Å². The third-order valence-electron chi connectivity index (χ3n) is 5.58. The van der Waals surface area contributed by atoms with E-state index in [-0.39, 0.29) is 16.9 Å². The van der Waals surface area contributed by atoms with Crippen LogP contribution in [0.4, 0.5) is 4.39 Å². The Labute approximate surface area is 198 Å². The molecule has 0 amide bonds. The fraction of sp³-hybridized carbons (Fsp3) is 0.115. The van der Waals surface area contributed by atoms with Gasteiger partial charge in [-0.3, -0.25) is 9.36 Å². The number of phenols is 1. The molecular formula is C26H20FN3O3S. The molecule has 0 aliphatic carbocycles. The molecule has 0 unspecified atom stereocenters. The third-order valence-corrected chi connectivity index (χ3v) is 6.71. The van der Waals surface area contributed by atoms with Crippen molar-refractivity contribution >= 4 is 11.3 Å². The number of para-hydroxylation sites is 1. The minimum absolute atomic E-state index is 0.175. The molecule has 8 heteroatoms. The van der Waals surface area contributed by atoms with Gasteiger partial charge in [-0.05, 0) is 43.2 Å². The quantitative estimate of drug-likeness (QED) is 0.343. The molecule has 3 heterocycles. The summed E-state index contributed by atoms with van der Waals surface area (Å²) in [5.41, 5.74) is 2.62. The van der Waals surface area contributed by atoms with Gasteiger partial charge in [0.05, 0.1) is 21.7 Å². The Balaban J connectivity index is 1.65. The van der Waals surface area contributed by atoms with Crippen molar-refractivity contribution in [1.82, 2.24) is 14.5 Å². The highest BCUT2D eigenvalue weighted by Gasteiger charge is 2.21. The van der Waals surface area contributed by atoms with Crippen LogP contribution in [0.1, 0.15) is 11.3 Å². The number of rotatable bonds is 6. The smallest absolute Gasteiger partial charge is 0.262 e. The van der Waals surface area contributed by atoms with Crippen LogP contribution in [0.2, 0.25) is 0 Å². The largest absolute Gasteiger partial charge is 0.504 e. The summed E-state index contributed by atoms with van der Waals surface area (Å²) in [5.74, 6) is -1.06. The van der Waals surface area contributed by atoms with E-state index in [9.17, 15) is 14.3 Å². The summed E-state index contributed by atoms with van der Waals surface area (Å²) in [7, 11) is 0. The van der Waals surface area contributed by atoms with Gasteiger partial charge in [0.15, 0.2) is 18.0 Å². The SMILES string of the molecule is Cc1nc(-c2cccc(F)c2O)n(CCc2ccccc2)c(=O)c1-c1ccc(-c2cocn2)s1. The van der Waals surface area contributed by atoms with E-state index < -0.39 is 11.6 Å². The molecule has 0 atom stereocenters. The molecule has 5 rings (SSSR count). The number of aromatic hydroxyl groups is 1. The minimum Gasteiger partial charge on any atom is -0.504 e. The summed E-state index contributed by atoms with van der Waals surface area (Å²) in [6.45, 7) is 2.06. The summed E-state index contributed by atoms with van der Waals surface area (Å²) >= 11 is 1.42. The predicted octanol–water partition coefficient (Wildman–Crippen LogP) is 5.69. The van der Waals surface area contributed by atoms with Crippen molar-refractivity contribution in [2.75, 3.05) is 0 Å². The van der Waals surface area contributed by atoms with E-state index in [1.54, 1.807) is 19.3 Å². The van der Waals surface area contributed by atoms with E-state index in [2.05, 4.69) is 9.97 Å². The van der Waals surface area contributed by atoms with Gasteiger partial charge >= 0.3 is 0 Å². The first-order valence-electron chi connectivity index (χ1n) is 10.6. The zero-order chi connectivity index (χ0) is 23.7. The van der Waals surface area contributed by atoms with Gasteiger partial charge in [-0.15, -0.1) is 11.3 Å². The van der Waals surface area contributed by atoms with Crippen molar-refractivity contribution in [2.45, 2.75) is 19.9 Å². The second-order valence-electron chi connectivity index (χ2n) is 7.76. The van der Waals surface area contributed by atoms with Crippen LogP contribution in [0.3, 0.4) is 0 Å². The van der Waals surface area contributed by atoms with Crippen molar-refractivity contribution in [3.8, 4) is 38.1 Å². The Hall–Kier alpha value is -4.04. The molecule has 1 N–H and O–H groups in total. The van der Waals surface area contributed by atoms with Gasteiger partial charge < -0.3 is 9.52 Å². The van der Waals surface area contributed by atoms with Crippen molar-refractivity contribution in [1.29, 1.82) is 0 Å². The van der Waals surface area contributed by atoms with E-state index in [0.29, 0.717) is 29.9 Å². The zero-order valence-electron chi connectivity index (χ0n) is 18.2. The number of aromatic nitrogens is 3. The first-order valence-corrected chi connectivity index (χ1v) is 11.5. The predicted molar refractivity (Wildman–Crippen MR) is 129 cm³/mol. The fourth-order valence-electron chi connectivity index (χ4n) is 3.88. The van der Waals surface area contributed by atoms with Crippen LogP contribution < -0.4 is 5.56 Å². The summed E-state index contributed by atoms with van der Waals surface area (Å²) in [5, 5.41) is 10.4. The van der Waals surface area contributed by atoms with Crippen molar-refractivity contribution in [3.63, 3.8) is 0 Å². The molecule has 0 aliphatic heterocycles. The lowest BCUT2D eigenvalue weighted by Gasteiger charge is -2.16. The highest BCUT2D eigenvalue weighted by atomic mass is 32.1. The number of nitrogens with zero attached hydrogens (tertiary/aromatic N) is 3. The topological polar surface area (TPSA) is 81.2 Å². The molecule has 5 aromatic rings. The van der Waals surface area contributed by atoms with Gasteiger partial charge in [0.25, 0.3) is 5.56 Å². The molecule has 0 bridgehead atoms. The van der Waals surface area contributed by atoms with Crippen LogP contribution in [-0.2, 0) is 13.0 Å². The van der Waals surface area contributed by atoms with E-state index in [0.717, 1.165) is 15.3 Å². The first kappa shape index (κ1) is 21.8. The van der Waals surface area contributed by atoms with E-state index in [1.807, 2.05) is 42.5 Å². The fourth-order valence-corrected chi connectivity index (χ4v) is 4.93. The van der Waals surface area contributed by atoms with Crippen LogP contribution in [-0.4, -0.2) is 19.6 Å². The number of oxazole rings is 1. The first-order chi connectivity index (χ1) is 16.5. The lowest BCUT2D eigenvalue weighted by atomic mass is 10.1. The summed E-state index contributed by atoms with van der Waals surface area (Å²) in [6, 6.07) is 17.7. The Morgan fingerprint density at radius 2 is 1.85 bits per heavy atom. The lowest BCUT2D eigenvalue weighted by Crippen LogP contribution is -2.27. The number of hydrogen-bond donors (Lipinski definition) is 1. The van der Waals surface area contributed by atoms with E-state index in [4.69, 9.17) is 4.42 Å². The van der Waals surface area contributed by atoms with E-state index >= 15 is 0 Å². The number of hydrogen-bond acceptors (Lipinski definition) is 6. The average Bonchev–Trinajstić information content (AvgIpc) is 3.53. The zero-order valence-corrected chi connectivity index (χ0v) is 19.1. The number of aryl methyl sites for hydroxylation is 2. The molecule has 0 saturated heterocycles. The van der Waals surface area contributed by atoms with Gasteiger partial charge in [0.2, 0.25) is 0 Å². The molecule has 3 aromatic heterocycles. The van der Waals surface area contributed by atoms with Crippen molar-refractivity contribution in [3.05, 3.63) is 101 Å². The minimum atomic E-state index is -0.765. The highest BCUT2D eigenvalue weighted by Crippen LogP contribution is 2.35.